The second-order valence-corrected chi connectivity index (χ2v) is 6.61. The second-order valence-electron chi connectivity index (χ2n) is 6.61. The summed E-state index contributed by atoms with van der Waals surface area (Å²) in [6, 6.07) is 11.1. The third-order valence-corrected chi connectivity index (χ3v) is 4.97. The second kappa shape index (κ2) is 7.09. The summed E-state index contributed by atoms with van der Waals surface area (Å²) in [5.41, 5.74) is 7.84. The van der Waals surface area contributed by atoms with Crippen LogP contribution in [0.5, 0.6) is 0 Å². The minimum Gasteiger partial charge on any atom is -0.327 e. The summed E-state index contributed by atoms with van der Waals surface area (Å²) >= 11 is 0. The highest BCUT2D eigenvalue weighted by Gasteiger charge is 2.26. The van der Waals surface area contributed by atoms with Crippen LogP contribution in [0.4, 0.5) is 0 Å². The molecule has 1 fully saturated rings. The quantitative estimate of drug-likeness (QED) is 0.833. The highest BCUT2D eigenvalue weighted by molar-refractivity contribution is 5.14. The van der Waals surface area contributed by atoms with Crippen LogP contribution in [0.3, 0.4) is 0 Å². The molecule has 106 valence electrons. The SMILES string of the molecule is CC(C)C1CCC(C(N)CCc2ccccc2)CC1. The fraction of sp³-hybridized carbons (Fsp3) is 0.667. The number of rotatable bonds is 5. The maximum atomic E-state index is 6.42. The van der Waals surface area contributed by atoms with E-state index >= 15 is 0 Å². The molecule has 0 aromatic heterocycles. The van der Waals surface area contributed by atoms with Crippen molar-refractivity contribution in [2.45, 2.75) is 58.4 Å². The lowest BCUT2D eigenvalue weighted by molar-refractivity contribution is 0.199. The van der Waals surface area contributed by atoms with Crippen LogP contribution >= 0.6 is 0 Å². The first-order chi connectivity index (χ1) is 9.16. The molecular weight excluding hydrogens is 230 g/mol. The number of hydrogen-bond acceptors (Lipinski definition) is 1. The molecule has 1 aliphatic carbocycles. The summed E-state index contributed by atoms with van der Waals surface area (Å²) in [6.45, 7) is 4.72. The molecule has 1 heteroatoms. The topological polar surface area (TPSA) is 26.0 Å². The number of nitrogens with two attached hydrogens (primary N) is 1. The van der Waals surface area contributed by atoms with Crippen molar-refractivity contribution in [3.63, 3.8) is 0 Å². The fourth-order valence-electron chi connectivity index (χ4n) is 3.45. The first-order valence-corrected chi connectivity index (χ1v) is 7.96. The van der Waals surface area contributed by atoms with Gasteiger partial charge in [0.1, 0.15) is 0 Å². The van der Waals surface area contributed by atoms with Crippen LogP contribution in [0, 0.1) is 17.8 Å². The van der Waals surface area contributed by atoms with Gasteiger partial charge >= 0.3 is 0 Å². The zero-order valence-electron chi connectivity index (χ0n) is 12.5. The van der Waals surface area contributed by atoms with Crippen LogP contribution in [0.1, 0.15) is 51.5 Å². The molecule has 0 heterocycles. The van der Waals surface area contributed by atoms with Crippen molar-refractivity contribution in [2.75, 3.05) is 0 Å². The van der Waals surface area contributed by atoms with Gasteiger partial charge in [-0.1, -0.05) is 44.2 Å². The Labute approximate surface area is 118 Å². The Morgan fingerprint density at radius 3 is 2.16 bits per heavy atom. The molecule has 0 spiro atoms. The van der Waals surface area contributed by atoms with Crippen molar-refractivity contribution in [2.24, 2.45) is 23.5 Å². The van der Waals surface area contributed by atoms with E-state index < -0.39 is 0 Å². The number of benzene rings is 1. The van der Waals surface area contributed by atoms with E-state index in [1.807, 2.05) is 0 Å². The predicted octanol–water partition coefficient (Wildman–Crippen LogP) is 4.41. The third kappa shape index (κ3) is 4.35. The molecule has 0 amide bonds. The molecule has 19 heavy (non-hydrogen) atoms. The Bertz CT molecular complexity index is 349. The number of aryl methyl sites for hydroxylation is 1. The van der Waals surface area contributed by atoms with Crippen LogP contribution in [0.2, 0.25) is 0 Å². The van der Waals surface area contributed by atoms with E-state index in [1.165, 1.54) is 31.2 Å². The highest BCUT2D eigenvalue weighted by Crippen LogP contribution is 2.35. The zero-order chi connectivity index (χ0) is 13.7. The lowest BCUT2D eigenvalue weighted by atomic mass is 9.74. The lowest BCUT2D eigenvalue weighted by Gasteiger charge is -2.34. The van der Waals surface area contributed by atoms with Gasteiger partial charge in [-0.3, -0.25) is 0 Å². The highest BCUT2D eigenvalue weighted by atomic mass is 14.6. The van der Waals surface area contributed by atoms with Gasteiger partial charge in [-0.15, -0.1) is 0 Å². The van der Waals surface area contributed by atoms with Crippen LogP contribution in [0.25, 0.3) is 0 Å². The molecule has 1 unspecified atom stereocenters. The average molecular weight is 259 g/mol. The minimum atomic E-state index is 0.397. The van der Waals surface area contributed by atoms with Gasteiger partial charge in [0.25, 0.3) is 0 Å². The number of hydrogen-bond donors (Lipinski definition) is 1. The van der Waals surface area contributed by atoms with Crippen molar-refractivity contribution in [3.8, 4) is 0 Å². The largest absolute Gasteiger partial charge is 0.327 e. The summed E-state index contributed by atoms with van der Waals surface area (Å²) in [4.78, 5) is 0. The smallest absolute Gasteiger partial charge is 0.00703 e. The molecule has 0 radical (unpaired) electrons. The minimum absolute atomic E-state index is 0.397. The molecule has 1 nitrogen and oxygen atoms in total. The van der Waals surface area contributed by atoms with Crippen LogP contribution in [0.15, 0.2) is 30.3 Å². The standard InChI is InChI=1S/C18H29N/c1-14(2)16-9-11-17(12-10-16)18(19)13-8-15-6-4-3-5-7-15/h3-7,14,16-18H,8-13,19H2,1-2H3. The van der Waals surface area contributed by atoms with Crippen LogP contribution in [-0.2, 0) is 6.42 Å². The molecule has 1 atom stereocenters. The Hall–Kier alpha value is -0.820. The van der Waals surface area contributed by atoms with E-state index in [0.29, 0.717) is 6.04 Å². The molecule has 0 saturated heterocycles. The monoisotopic (exact) mass is 259 g/mol. The van der Waals surface area contributed by atoms with Gasteiger partial charge in [-0.25, -0.2) is 0 Å². The first-order valence-electron chi connectivity index (χ1n) is 7.96. The van der Waals surface area contributed by atoms with E-state index in [4.69, 9.17) is 5.73 Å². The molecule has 1 aromatic rings. The summed E-state index contributed by atoms with van der Waals surface area (Å²) < 4.78 is 0. The summed E-state index contributed by atoms with van der Waals surface area (Å²) in [5.74, 6) is 2.55. The van der Waals surface area contributed by atoms with E-state index in [0.717, 1.165) is 30.6 Å². The van der Waals surface area contributed by atoms with Crippen molar-refractivity contribution in [1.82, 2.24) is 0 Å². The molecule has 2 N–H and O–H groups in total. The van der Waals surface area contributed by atoms with Crippen molar-refractivity contribution < 1.29 is 0 Å². The van der Waals surface area contributed by atoms with E-state index in [1.54, 1.807) is 0 Å². The summed E-state index contributed by atoms with van der Waals surface area (Å²) in [7, 11) is 0. The maximum Gasteiger partial charge on any atom is 0.00703 e. The van der Waals surface area contributed by atoms with E-state index in [9.17, 15) is 0 Å². The molecular formula is C18H29N. The van der Waals surface area contributed by atoms with Gasteiger partial charge in [0.15, 0.2) is 0 Å². The summed E-state index contributed by atoms with van der Waals surface area (Å²) in [6.07, 6.45) is 7.74. The normalized spacial score (nSPS) is 25.5. The van der Waals surface area contributed by atoms with Crippen LogP contribution in [-0.4, -0.2) is 6.04 Å². The first kappa shape index (κ1) is 14.6. The van der Waals surface area contributed by atoms with Crippen molar-refractivity contribution in [3.05, 3.63) is 35.9 Å². The fourth-order valence-corrected chi connectivity index (χ4v) is 3.45. The Morgan fingerprint density at radius 2 is 1.58 bits per heavy atom. The van der Waals surface area contributed by atoms with E-state index in [-0.39, 0.29) is 0 Å². The van der Waals surface area contributed by atoms with Gasteiger partial charge in [0.2, 0.25) is 0 Å². The van der Waals surface area contributed by atoms with Gasteiger partial charge in [-0.2, -0.15) is 0 Å². The van der Waals surface area contributed by atoms with E-state index in [2.05, 4.69) is 44.2 Å². The molecule has 1 aliphatic rings. The Morgan fingerprint density at radius 1 is 1.00 bits per heavy atom. The Kier molecular flexibility index (Phi) is 5.45. The van der Waals surface area contributed by atoms with Crippen molar-refractivity contribution in [1.29, 1.82) is 0 Å². The van der Waals surface area contributed by atoms with Crippen molar-refractivity contribution >= 4 is 0 Å². The van der Waals surface area contributed by atoms with Gasteiger partial charge < -0.3 is 5.73 Å². The van der Waals surface area contributed by atoms with Gasteiger partial charge in [0.05, 0.1) is 0 Å². The van der Waals surface area contributed by atoms with Gasteiger partial charge in [-0.05, 0) is 61.8 Å². The van der Waals surface area contributed by atoms with Crippen LogP contribution < -0.4 is 5.73 Å². The van der Waals surface area contributed by atoms with Gasteiger partial charge in [0, 0.05) is 6.04 Å². The molecule has 1 aromatic carbocycles. The maximum absolute atomic E-state index is 6.42. The third-order valence-electron chi connectivity index (χ3n) is 4.97. The predicted molar refractivity (Wildman–Crippen MR) is 83.0 cm³/mol. The molecule has 0 bridgehead atoms. The lowest BCUT2D eigenvalue weighted by Crippen LogP contribution is -2.34. The zero-order valence-corrected chi connectivity index (χ0v) is 12.5. The average Bonchev–Trinajstić information content (AvgIpc) is 2.46. The molecule has 2 rings (SSSR count). The molecule has 0 aliphatic heterocycles. The molecule has 1 saturated carbocycles. The summed E-state index contributed by atoms with van der Waals surface area (Å²) in [5, 5.41) is 0. The Balaban J connectivity index is 1.74.